The summed E-state index contributed by atoms with van der Waals surface area (Å²) in [5.41, 5.74) is 1.29. The minimum Gasteiger partial charge on any atom is -0.497 e. The van der Waals surface area contributed by atoms with Crippen molar-refractivity contribution >= 4 is 15.9 Å². The number of rotatable bonds is 4. The highest BCUT2D eigenvalue weighted by Crippen LogP contribution is 2.44. The van der Waals surface area contributed by atoms with Crippen LogP contribution < -0.4 is 10.1 Å². The Balaban J connectivity index is 1.62. The number of hydrogen-bond acceptors (Lipinski definition) is 2. The first kappa shape index (κ1) is 12.5. The molecule has 0 aliphatic heterocycles. The average molecular weight is 310 g/mol. The molecule has 0 spiro atoms. The number of nitrogens with one attached hydrogen (secondary N) is 1. The van der Waals surface area contributed by atoms with E-state index >= 15 is 0 Å². The van der Waals surface area contributed by atoms with Crippen LogP contribution in [0.1, 0.15) is 31.2 Å². The third kappa shape index (κ3) is 2.43. The van der Waals surface area contributed by atoms with Gasteiger partial charge in [-0.05, 0) is 54.9 Å². The predicted molar refractivity (Wildman–Crippen MR) is 76.8 cm³/mol. The third-order valence-electron chi connectivity index (χ3n) is 4.55. The largest absolute Gasteiger partial charge is 0.497 e. The molecule has 3 heteroatoms. The highest BCUT2D eigenvalue weighted by molar-refractivity contribution is 9.10. The van der Waals surface area contributed by atoms with Crippen molar-refractivity contribution in [2.45, 2.75) is 38.3 Å². The van der Waals surface area contributed by atoms with Crippen molar-refractivity contribution in [3.05, 3.63) is 28.2 Å². The van der Waals surface area contributed by atoms with Crippen LogP contribution in [0, 0.1) is 11.8 Å². The van der Waals surface area contributed by atoms with Gasteiger partial charge in [-0.3, -0.25) is 0 Å². The van der Waals surface area contributed by atoms with Crippen LogP contribution in [-0.2, 0) is 6.54 Å². The Morgan fingerprint density at radius 2 is 2.22 bits per heavy atom. The van der Waals surface area contributed by atoms with Gasteiger partial charge in [-0.1, -0.05) is 22.4 Å². The van der Waals surface area contributed by atoms with Crippen molar-refractivity contribution in [1.29, 1.82) is 0 Å². The van der Waals surface area contributed by atoms with Gasteiger partial charge in [0.1, 0.15) is 5.75 Å². The molecular formula is C15H20BrNO. The second kappa shape index (κ2) is 5.22. The van der Waals surface area contributed by atoms with Crippen molar-refractivity contribution in [3.63, 3.8) is 0 Å². The minimum atomic E-state index is 0.738. The van der Waals surface area contributed by atoms with Crippen molar-refractivity contribution in [2.75, 3.05) is 7.11 Å². The Bertz CT molecular complexity index is 435. The van der Waals surface area contributed by atoms with E-state index in [1.54, 1.807) is 7.11 Å². The van der Waals surface area contributed by atoms with Crippen LogP contribution in [-0.4, -0.2) is 13.2 Å². The highest BCUT2D eigenvalue weighted by atomic mass is 79.9. The number of hydrogen-bond donors (Lipinski definition) is 1. The van der Waals surface area contributed by atoms with Gasteiger partial charge in [0.05, 0.1) is 7.11 Å². The van der Waals surface area contributed by atoms with Crippen LogP contribution in [0.25, 0.3) is 0 Å². The average Bonchev–Trinajstić information content (AvgIpc) is 3.00. The Morgan fingerprint density at radius 3 is 2.89 bits per heavy atom. The summed E-state index contributed by atoms with van der Waals surface area (Å²) in [5.74, 6) is 2.86. The highest BCUT2D eigenvalue weighted by Gasteiger charge is 2.38. The van der Waals surface area contributed by atoms with Crippen LogP contribution in [0.5, 0.6) is 5.75 Å². The molecule has 3 unspecified atom stereocenters. The first-order valence-corrected chi connectivity index (χ1v) is 7.61. The fraction of sp³-hybridized carbons (Fsp3) is 0.600. The van der Waals surface area contributed by atoms with E-state index in [1.807, 2.05) is 6.07 Å². The molecule has 18 heavy (non-hydrogen) atoms. The second-order valence-electron chi connectivity index (χ2n) is 5.62. The number of methoxy groups -OCH3 is 1. The maximum atomic E-state index is 5.28. The molecule has 3 rings (SSSR count). The SMILES string of the molecule is COc1ccc(Br)c(CNC2CC3CCC2C3)c1. The molecule has 0 saturated heterocycles. The lowest BCUT2D eigenvalue weighted by Gasteiger charge is -2.23. The molecular weight excluding hydrogens is 290 g/mol. The van der Waals surface area contributed by atoms with Gasteiger partial charge >= 0.3 is 0 Å². The first-order valence-electron chi connectivity index (χ1n) is 6.82. The van der Waals surface area contributed by atoms with Crippen LogP contribution in [0.2, 0.25) is 0 Å². The summed E-state index contributed by atoms with van der Waals surface area (Å²) in [6.07, 6.45) is 5.73. The Hall–Kier alpha value is -0.540. The van der Waals surface area contributed by atoms with Gasteiger partial charge in [0.15, 0.2) is 0 Å². The van der Waals surface area contributed by atoms with Crippen LogP contribution in [0.4, 0.5) is 0 Å². The minimum absolute atomic E-state index is 0.738. The van der Waals surface area contributed by atoms with Crippen molar-refractivity contribution < 1.29 is 4.74 Å². The zero-order valence-electron chi connectivity index (χ0n) is 10.8. The lowest BCUT2D eigenvalue weighted by Crippen LogP contribution is -2.33. The van der Waals surface area contributed by atoms with Crippen molar-refractivity contribution in [1.82, 2.24) is 5.32 Å². The molecule has 2 saturated carbocycles. The van der Waals surface area contributed by atoms with E-state index < -0.39 is 0 Å². The van der Waals surface area contributed by atoms with E-state index in [1.165, 1.54) is 35.7 Å². The van der Waals surface area contributed by atoms with Gasteiger partial charge in [-0.25, -0.2) is 0 Å². The molecule has 2 bridgehead atoms. The quantitative estimate of drug-likeness (QED) is 0.915. The number of fused-ring (bicyclic) bond motifs is 2. The van der Waals surface area contributed by atoms with Crippen molar-refractivity contribution in [2.24, 2.45) is 11.8 Å². The smallest absolute Gasteiger partial charge is 0.119 e. The van der Waals surface area contributed by atoms with Gasteiger partial charge in [-0.15, -0.1) is 0 Å². The fourth-order valence-electron chi connectivity index (χ4n) is 3.55. The molecule has 0 amide bonds. The monoisotopic (exact) mass is 309 g/mol. The van der Waals surface area contributed by atoms with E-state index in [2.05, 4.69) is 33.4 Å². The first-order chi connectivity index (χ1) is 8.76. The maximum absolute atomic E-state index is 5.28. The zero-order valence-corrected chi connectivity index (χ0v) is 12.4. The summed E-state index contributed by atoms with van der Waals surface area (Å²) in [6.45, 7) is 0.936. The molecule has 2 aliphatic rings. The summed E-state index contributed by atoms with van der Waals surface area (Å²) >= 11 is 3.61. The Kier molecular flexibility index (Phi) is 3.62. The standard InChI is InChI=1S/C15H20BrNO/c1-18-13-4-5-14(16)12(8-13)9-17-15-7-10-2-3-11(15)6-10/h4-5,8,10-11,15,17H,2-3,6-7,9H2,1H3. The molecule has 1 aromatic rings. The summed E-state index contributed by atoms with van der Waals surface area (Å²) in [4.78, 5) is 0. The number of ether oxygens (including phenoxy) is 1. The molecule has 1 N–H and O–H groups in total. The summed E-state index contributed by atoms with van der Waals surface area (Å²) in [5, 5.41) is 3.74. The number of halogens is 1. The van der Waals surface area contributed by atoms with Gasteiger partial charge < -0.3 is 10.1 Å². The van der Waals surface area contributed by atoms with E-state index in [0.717, 1.165) is 30.2 Å². The van der Waals surface area contributed by atoms with Gasteiger partial charge in [0, 0.05) is 17.1 Å². The Morgan fingerprint density at radius 1 is 1.33 bits per heavy atom. The molecule has 3 atom stereocenters. The van der Waals surface area contributed by atoms with Crippen LogP contribution in [0.15, 0.2) is 22.7 Å². The summed E-state index contributed by atoms with van der Waals surface area (Å²) in [7, 11) is 1.72. The predicted octanol–water partition coefficient (Wildman–Crippen LogP) is 3.74. The van der Waals surface area contributed by atoms with Gasteiger partial charge in [-0.2, -0.15) is 0 Å². The topological polar surface area (TPSA) is 21.3 Å². The third-order valence-corrected chi connectivity index (χ3v) is 5.32. The number of benzene rings is 1. The molecule has 98 valence electrons. The van der Waals surface area contributed by atoms with E-state index in [4.69, 9.17) is 4.74 Å². The zero-order chi connectivity index (χ0) is 12.5. The van der Waals surface area contributed by atoms with Crippen molar-refractivity contribution in [3.8, 4) is 5.75 Å². The van der Waals surface area contributed by atoms with Gasteiger partial charge in [0.2, 0.25) is 0 Å². The van der Waals surface area contributed by atoms with E-state index in [9.17, 15) is 0 Å². The maximum Gasteiger partial charge on any atom is 0.119 e. The molecule has 0 heterocycles. The molecule has 1 aromatic carbocycles. The van der Waals surface area contributed by atoms with Crippen LogP contribution in [0.3, 0.4) is 0 Å². The molecule has 0 radical (unpaired) electrons. The lowest BCUT2D eigenvalue weighted by atomic mass is 9.95. The van der Waals surface area contributed by atoms with Gasteiger partial charge in [0.25, 0.3) is 0 Å². The van der Waals surface area contributed by atoms with Crippen LogP contribution >= 0.6 is 15.9 Å². The van der Waals surface area contributed by atoms with E-state index in [-0.39, 0.29) is 0 Å². The fourth-order valence-corrected chi connectivity index (χ4v) is 3.94. The molecule has 2 fully saturated rings. The summed E-state index contributed by atoms with van der Waals surface area (Å²) in [6, 6.07) is 6.91. The normalized spacial score (nSPS) is 29.8. The van der Waals surface area contributed by atoms with E-state index in [0.29, 0.717) is 0 Å². The Labute approximate surface area is 117 Å². The molecule has 2 nitrogen and oxygen atoms in total. The molecule has 0 aromatic heterocycles. The molecule has 2 aliphatic carbocycles. The lowest BCUT2D eigenvalue weighted by molar-refractivity contribution is 0.350. The second-order valence-corrected chi connectivity index (χ2v) is 6.47. The summed E-state index contributed by atoms with van der Waals surface area (Å²) < 4.78 is 6.45.